The SMILES string of the molecule is COc1cccc(/C=N\NC(=O)c2nn(C)cc2Cl)c1O. The molecule has 1 aromatic heterocycles. The molecule has 21 heavy (non-hydrogen) atoms. The average Bonchev–Trinajstić information content (AvgIpc) is 2.79. The molecule has 2 aromatic rings. The molecule has 0 atom stereocenters. The summed E-state index contributed by atoms with van der Waals surface area (Å²) in [5.41, 5.74) is 2.76. The predicted octanol–water partition coefficient (Wildman–Crippen LogP) is 1.55. The first-order valence-electron chi connectivity index (χ1n) is 5.91. The molecule has 0 aliphatic carbocycles. The Labute approximate surface area is 125 Å². The number of methoxy groups -OCH3 is 1. The zero-order chi connectivity index (χ0) is 15.4. The zero-order valence-electron chi connectivity index (χ0n) is 11.4. The van der Waals surface area contributed by atoms with Crippen LogP contribution in [0.4, 0.5) is 0 Å². The van der Waals surface area contributed by atoms with Crippen molar-refractivity contribution < 1.29 is 14.6 Å². The number of rotatable bonds is 4. The summed E-state index contributed by atoms with van der Waals surface area (Å²) in [5.74, 6) is -0.286. The number of ether oxygens (including phenoxy) is 1. The molecule has 0 aliphatic rings. The van der Waals surface area contributed by atoms with Crippen LogP contribution in [0.2, 0.25) is 5.02 Å². The predicted molar refractivity (Wildman–Crippen MR) is 77.9 cm³/mol. The number of phenolic OH excluding ortho intramolecular Hbond substituents is 1. The molecule has 0 saturated carbocycles. The quantitative estimate of drug-likeness (QED) is 0.662. The molecule has 0 fully saturated rings. The number of hydrogen-bond donors (Lipinski definition) is 2. The van der Waals surface area contributed by atoms with Gasteiger partial charge in [0, 0.05) is 18.8 Å². The van der Waals surface area contributed by atoms with Crippen molar-refractivity contribution in [3.63, 3.8) is 0 Å². The van der Waals surface area contributed by atoms with Gasteiger partial charge in [-0.1, -0.05) is 17.7 Å². The van der Waals surface area contributed by atoms with Gasteiger partial charge in [0.15, 0.2) is 17.2 Å². The van der Waals surface area contributed by atoms with Crippen LogP contribution in [-0.2, 0) is 7.05 Å². The summed E-state index contributed by atoms with van der Waals surface area (Å²) in [6.07, 6.45) is 2.81. The largest absolute Gasteiger partial charge is 0.504 e. The van der Waals surface area contributed by atoms with Gasteiger partial charge >= 0.3 is 0 Å². The number of hydrogen-bond acceptors (Lipinski definition) is 5. The molecule has 1 amide bonds. The van der Waals surface area contributed by atoms with Crippen LogP contribution in [0.5, 0.6) is 11.5 Å². The number of aromatic nitrogens is 2. The van der Waals surface area contributed by atoms with E-state index in [1.54, 1.807) is 25.2 Å². The van der Waals surface area contributed by atoms with Gasteiger partial charge in [0.05, 0.1) is 18.3 Å². The number of phenols is 1. The Hall–Kier alpha value is -2.54. The lowest BCUT2D eigenvalue weighted by molar-refractivity contribution is 0.0949. The Kier molecular flexibility index (Phi) is 4.44. The molecule has 0 unspecified atom stereocenters. The Balaban J connectivity index is 2.09. The van der Waals surface area contributed by atoms with Crippen molar-refractivity contribution >= 4 is 23.7 Å². The first kappa shape index (κ1) is 14.9. The van der Waals surface area contributed by atoms with Crippen molar-refractivity contribution in [1.82, 2.24) is 15.2 Å². The van der Waals surface area contributed by atoms with Crippen molar-refractivity contribution in [3.05, 3.63) is 40.7 Å². The summed E-state index contributed by atoms with van der Waals surface area (Å²) in [6.45, 7) is 0. The number of nitrogens with one attached hydrogen (secondary N) is 1. The van der Waals surface area contributed by atoms with E-state index in [1.165, 1.54) is 24.2 Å². The van der Waals surface area contributed by atoms with Gasteiger partial charge in [-0.2, -0.15) is 10.2 Å². The Morgan fingerprint density at radius 3 is 2.95 bits per heavy atom. The van der Waals surface area contributed by atoms with Crippen LogP contribution in [0.1, 0.15) is 16.1 Å². The molecule has 7 nitrogen and oxygen atoms in total. The third-order valence-electron chi connectivity index (χ3n) is 2.62. The second kappa shape index (κ2) is 6.27. The summed E-state index contributed by atoms with van der Waals surface area (Å²) in [4.78, 5) is 11.8. The second-order valence-electron chi connectivity index (χ2n) is 4.10. The second-order valence-corrected chi connectivity index (χ2v) is 4.50. The van der Waals surface area contributed by atoms with Gasteiger partial charge in [-0.15, -0.1) is 0 Å². The molecule has 2 rings (SSSR count). The fourth-order valence-electron chi connectivity index (χ4n) is 1.64. The fraction of sp³-hybridized carbons (Fsp3) is 0.154. The van der Waals surface area contributed by atoms with Crippen LogP contribution in [0.25, 0.3) is 0 Å². The average molecular weight is 309 g/mol. The maximum atomic E-state index is 11.8. The van der Waals surface area contributed by atoms with E-state index in [9.17, 15) is 9.90 Å². The monoisotopic (exact) mass is 308 g/mol. The Morgan fingerprint density at radius 2 is 2.33 bits per heavy atom. The van der Waals surface area contributed by atoms with E-state index in [0.29, 0.717) is 11.3 Å². The van der Waals surface area contributed by atoms with E-state index in [2.05, 4.69) is 15.6 Å². The topological polar surface area (TPSA) is 88.7 Å². The van der Waals surface area contributed by atoms with E-state index in [4.69, 9.17) is 16.3 Å². The minimum Gasteiger partial charge on any atom is -0.504 e. The number of benzene rings is 1. The third-order valence-corrected chi connectivity index (χ3v) is 2.90. The molecule has 1 heterocycles. The summed E-state index contributed by atoms with van der Waals surface area (Å²) in [6, 6.07) is 4.93. The maximum absolute atomic E-state index is 11.8. The first-order valence-corrected chi connectivity index (χ1v) is 6.29. The van der Waals surface area contributed by atoms with E-state index in [-0.39, 0.29) is 16.5 Å². The molecule has 8 heteroatoms. The number of nitrogens with zero attached hydrogens (tertiary/aromatic N) is 3. The smallest absolute Gasteiger partial charge is 0.293 e. The number of carbonyl (C=O) groups excluding carboxylic acids is 1. The Bertz CT molecular complexity index is 697. The van der Waals surface area contributed by atoms with Crippen LogP contribution in [0.15, 0.2) is 29.5 Å². The maximum Gasteiger partial charge on any atom is 0.293 e. The fourth-order valence-corrected chi connectivity index (χ4v) is 1.90. The van der Waals surface area contributed by atoms with Crippen LogP contribution in [-0.4, -0.2) is 34.1 Å². The number of carbonyl (C=O) groups is 1. The summed E-state index contributed by atoms with van der Waals surface area (Å²) in [7, 11) is 3.10. The summed E-state index contributed by atoms with van der Waals surface area (Å²) < 4.78 is 6.40. The van der Waals surface area contributed by atoms with E-state index in [0.717, 1.165) is 0 Å². The van der Waals surface area contributed by atoms with Gasteiger partial charge in [-0.25, -0.2) is 5.43 Å². The number of hydrazone groups is 1. The van der Waals surface area contributed by atoms with Gasteiger partial charge in [0.2, 0.25) is 0 Å². The standard InChI is InChI=1S/C13H13ClN4O3/c1-18-7-9(14)11(17-18)13(20)16-15-6-8-4-3-5-10(21-2)12(8)19/h3-7,19H,1-2H3,(H,16,20)/b15-6-. The number of aromatic hydroxyl groups is 1. The van der Waals surface area contributed by atoms with Crippen molar-refractivity contribution in [2.24, 2.45) is 12.1 Å². The lowest BCUT2D eigenvalue weighted by Crippen LogP contribution is -2.18. The van der Waals surface area contributed by atoms with Crippen LogP contribution in [0, 0.1) is 0 Å². The lowest BCUT2D eigenvalue weighted by atomic mass is 10.2. The summed E-state index contributed by atoms with van der Waals surface area (Å²) in [5, 5.41) is 17.8. The van der Waals surface area contributed by atoms with Crippen LogP contribution >= 0.6 is 11.6 Å². The first-order chi connectivity index (χ1) is 10.0. The third kappa shape index (κ3) is 3.32. The van der Waals surface area contributed by atoms with Crippen molar-refractivity contribution in [3.8, 4) is 11.5 Å². The highest BCUT2D eigenvalue weighted by Gasteiger charge is 2.13. The molecule has 2 N–H and O–H groups in total. The molecule has 0 spiro atoms. The number of para-hydroxylation sites is 1. The number of amides is 1. The van der Waals surface area contributed by atoms with Crippen molar-refractivity contribution in [2.45, 2.75) is 0 Å². The van der Waals surface area contributed by atoms with Gasteiger partial charge in [-0.05, 0) is 12.1 Å². The minimum atomic E-state index is -0.542. The van der Waals surface area contributed by atoms with Gasteiger partial charge < -0.3 is 9.84 Å². The molecule has 0 aliphatic heterocycles. The Morgan fingerprint density at radius 1 is 1.57 bits per heavy atom. The highest BCUT2D eigenvalue weighted by Crippen LogP contribution is 2.27. The minimum absolute atomic E-state index is 0.0612. The molecule has 0 radical (unpaired) electrons. The van der Waals surface area contributed by atoms with Crippen LogP contribution in [0.3, 0.4) is 0 Å². The normalized spacial score (nSPS) is 10.8. The molecular formula is C13H13ClN4O3. The lowest BCUT2D eigenvalue weighted by Gasteiger charge is -2.04. The number of aryl methyl sites for hydroxylation is 1. The molecule has 1 aromatic carbocycles. The summed E-state index contributed by atoms with van der Waals surface area (Å²) >= 11 is 5.85. The van der Waals surface area contributed by atoms with Crippen LogP contribution < -0.4 is 10.2 Å². The highest BCUT2D eigenvalue weighted by atomic mass is 35.5. The van der Waals surface area contributed by atoms with Crippen molar-refractivity contribution in [2.75, 3.05) is 7.11 Å². The molecule has 0 saturated heterocycles. The van der Waals surface area contributed by atoms with E-state index in [1.807, 2.05) is 0 Å². The molecule has 0 bridgehead atoms. The number of halogens is 1. The van der Waals surface area contributed by atoms with Crippen molar-refractivity contribution in [1.29, 1.82) is 0 Å². The highest BCUT2D eigenvalue weighted by molar-refractivity contribution is 6.33. The van der Waals surface area contributed by atoms with E-state index < -0.39 is 5.91 Å². The van der Waals surface area contributed by atoms with Gasteiger partial charge in [0.25, 0.3) is 5.91 Å². The van der Waals surface area contributed by atoms with Gasteiger partial charge in [-0.3, -0.25) is 9.48 Å². The molecule has 110 valence electrons. The zero-order valence-corrected chi connectivity index (χ0v) is 12.1. The van der Waals surface area contributed by atoms with E-state index >= 15 is 0 Å². The molecular weight excluding hydrogens is 296 g/mol. The van der Waals surface area contributed by atoms with Gasteiger partial charge in [0.1, 0.15) is 0 Å².